The summed E-state index contributed by atoms with van der Waals surface area (Å²) in [4.78, 5) is 11.3. The molecule has 0 aliphatic carbocycles. The number of carbonyl (C=O) groups excluding carboxylic acids is 1. The van der Waals surface area contributed by atoms with Crippen LogP contribution in [0.5, 0.6) is 5.75 Å². The number of ether oxygens (including phenoxy) is 1. The van der Waals surface area contributed by atoms with Gasteiger partial charge in [-0.2, -0.15) is 0 Å². The summed E-state index contributed by atoms with van der Waals surface area (Å²) in [5.74, 6) is -0.536. The number of hydrogen-bond donors (Lipinski definition) is 2. The lowest BCUT2D eigenvalue weighted by Gasteiger charge is -2.19. The molecule has 1 rings (SSSR count). The van der Waals surface area contributed by atoms with E-state index >= 15 is 0 Å². The average molecular weight is 241 g/mol. The Morgan fingerprint density at radius 3 is 2.71 bits per heavy atom. The van der Waals surface area contributed by atoms with Gasteiger partial charge in [-0.15, -0.1) is 0 Å². The molecule has 2 N–H and O–H groups in total. The lowest BCUT2D eigenvalue weighted by Crippen LogP contribution is -2.32. The second-order valence-corrected chi connectivity index (χ2v) is 4.63. The molecule has 0 aromatic heterocycles. The molecule has 0 atom stereocenters. The van der Waals surface area contributed by atoms with Gasteiger partial charge in [0, 0.05) is 12.1 Å². The van der Waals surface area contributed by atoms with Crippen molar-refractivity contribution in [3.8, 4) is 5.75 Å². The molecule has 17 heavy (non-hydrogen) atoms. The Kier molecular flexibility index (Phi) is 3.93. The molecule has 0 unspecified atom stereocenters. The molecular weight excluding hydrogens is 225 g/mol. The van der Waals surface area contributed by atoms with Crippen molar-refractivity contribution in [2.24, 2.45) is 0 Å². The first kappa shape index (κ1) is 13.3. The summed E-state index contributed by atoms with van der Waals surface area (Å²) >= 11 is 0. The highest BCUT2D eigenvalue weighted by Gasteiger charge is 2.16. The highest BCUT2D eigenvalue weighted by atomic mass is 19.1. The molecule has 0 saturated carbocycles. The van der Waals surface area contributed by atoms with E-state index < -0.39 is 17.5 Å². The molecule has 1 aromatic rings. The third-order valence-corrected chi connectivity index (χ3v) is 1.85. The lowest BCUT2D eigenvalue weighted by molar-refractivity contribution is 0.0523. The number of phenols is 1. The van der Waals surface area contributed by atoms with Crippen LogP contribution in [0.25, 0.3) is 0 Å². The van der Waals surface area contributed by atoms with E-state index in [1.165, 1.54) is 12.1 Å². The number of rotatable bonds is 2. The quantitative estimate of drug-likeness (QED) is 0.836. The van der Waals surface area contributed by atoms with Crippen LogP contribution in [0.4, 0.5) is 9.18 Å². The van der Waals surface area contributed by atoms with Gasteiger partial charge in [0.2, 0.25) is 0 Å². The maximum atomic E-state index is 13.3. The highest BCUT2D eigenvalue weighted by Crippen LogP contribution is 2.15. The van der Waals surface area contributed by atoms with Gasteiger partial charge < -0.3 is 15.2 Å². The van der Waals surface area contributed by atoms with Crippen molar-refractivity contribution in [1.29, 1.82) is 0 Å². The van der Waals surface area contributed by atoms with Gasteiger partial charge >= 0.3 is 6.09 Å². The minimum atomic E-state index is -0.625. The number of carbonyl (C=O) groups is 1. The predicted octanol–water partition coefficient (Wildman–Crippen LogP) is 2.56. The van der Waals surface area contributed by atoms with Crippen LogP contribution < -0.4 is 5.32 Å². The summed E-state index contributed by atoms with van der Waals surface area (Å²) in [6.45, 7) is 5.18. The first-order valence-corrected chi connectivity index (χ1v) is 5.22. The number of alkyl carbamates (subject to hydrolysis) is 1. The minimum Gasteiger partial charge on any atom is -0.508 e. The highest BCUT2D eigenvalue weighted by molar-refractivity contribution is 5.67. The summed E-state index contributed by atoms with van der Waals surface area (Å²) in [5.41, 5.74) is -0.391. The third kappa shape index (κ3) is 4.72. The fraction of sp³-hybridized carbons (Fsp3) is 0.417. The van der Waals surface area contributed by atoms with Crippen molar-refractivity contribution in [2.45, 2.75) is 32.9 Å². The third-order valence-electron chi connectivity index (χ3n) is 1.85. The Morgan fingerprint density at radius 1 is 1.47 bits per heavy atom. The summed E-state index contributed by atoms with van der Waals surface area (Å²) in [5, 5.41) is 11.6. The number of benzene rings is 1. The van der Waals surface area contributed by atoms with Crippen LogP contribution in [0.2, 0.25) is 0 Å². The fourth-order valence-electron chi connectivity index (χ4n) is 1.18. The van der Waals surface area contributed by atoms with Gasteiger partial charge in [0.15, 0.2) is 0 Å². The van der Waals surface area contributed by atoms with Crippen LogP contribution in [0, 0.1) is 5.82 Å². The van der Waals surface area contributed by atoms with E-state index in [0.29, 0.717) is 0 Å². The molecule has 5 heteroatoms. The Hall–Kier alpha value is -1.78. The number of nitrogens with one attached hydrogen (secondary N) is 1. The second kappa shape index (κ2) is 5.03. The summed E-state index contributed by atoms with van der Waals surface area (Å²) < 4.78 is 18.2. The summed E-state index contributed by atoms with van der Waals surface area (Å²) in [6.07, 6.45) is -0.625. The molecule has 0 saturated heterocycles. The number of amides is 1. The molecule has 1 amide bonds. The van der Waals surface area contributed by atoms with Crippen LogP contribution in [0.1, 0.15) is 26.3 Å². The average Bonchev–Trinajstić information content (AvgIpc) is 2.17. The number of hydrogen-bond acceptors (Lipinski definition) is 3. The van der Waals surface area contributed by atoms with E-state index in [0.717, 1.165) is 6.07 Å². The molecule has 0 heterocycles. The van der Waals surface area contributed by atoms with Gasteiger partial charge in [0.1, 0.15) is 17.2 Å². The van der Waals surface area contributed by atoms with Crippen molar-refractivity contribution >= 4 is 6.09 Å². The van der Waals surface area contributed by atoms with Gasteiger partial charge in [-0.25, -0.2) is 9.18 Å². The van der Waals surface area contributed by atoms with Gasteiger partial charge in [0.25, 0.3) is 0 Å². The first-order chi connectivity index (χ1) is 7.78. The molecular formula is C12H16FNO3. The molecule has 0 aliphatic heterocycles. The maximum absolute atomic E-state index is 13.3. The second-order valence-electron chi connectivity index (χ2n) is 4.63. The first-order valence-electron chi connectivity index (χ1n) is 5.22. The van der Waals surface area contributed by atoms with Crippen LogP contribution in [-0.4, -0.2) is 16.8 Å². The van der Waals surface area contributed by atoms with Crippen LogP contribution in [0.15, 0.2) is 18.2 Å². The molecule has 1 aromatic carbocycles. The molecule has 94 valence electrons. The van der Waals surface area contributed by atoms with Crippen LogP contribution in [-0.2, 0) is 11.3 Å². The number of aromatic hydroxyl groups is 1. The van der Waals surface area contributed by atoms with Gasteiger partial charge in [-0.3, -0.25) is 0 Å². The van der Waals surface area contributed by atoms with Gasteiger partial charge in [-0.05, 0) is 39.0 Å². The Balaban J connectivity index is 2.56. The zero-order valence-corrected chi connectivity index (χ0v) is 10.1. The van der Waals surface area contributed by atoms with Crippen molar-refractivity contribution in [1.82, 2.24) is 5.32 Å². The molecule has 0 spiro atoms. The van der Waals surface area contributed by atoms with E-state index in [4.69, 9.17) is 4.74 Å². The Labute approximate surface area is 99.4 Å². The van der Waals surface area contributed by atoms with E-state index in [9.17, 15) is 14.3 Å². The summed E-state index contributed by atoms with van der Waals surface area (Å²) in [7, 11) is 0. The molecule has 0 fully saturated rings. The van der Waals surface area contributed by atoms with Crippen molar-refractivity contribution in [2.75, 3.05) is 0 Å². The monoisotopic (exact) mass is 241 g/mol. The zero-order valence-electron chi connectivity index (χ0n) is 10.1. The normalized spacial score (nSPS) is 11.1. The van der Waals surface area contributed by atoms with Gasteiger partial charge in [0.05, 0.1) is 0 Å². The van der Waals surface area contributed by atoms with Crippen molar-refractivity contribution in [3.05, 3.63) is 29.6 Å². The zero-order chi connectivity index (χ0) is 13.1. The summed E-state index contributed by atoms with van der Waals surface area (Å²) in [6, 6.07) is 3.64. The van der Waals surface area contributed by atoms with Crippen molar-refractivity contribution < 1.29 is 19.0 Å². The molecule has 0 radical (unpaired) electrons. The number of halogens is 1. The topological polar surface area (TPSA) is 58.6 Å². The van der Waals surface area contributed by atoms with Crippen molar-refractivity contribution in [3.63, 3.8) is 0 Å². The molecule has 0 aliphatic rings. The van der Waals surface area contributed by atoms with Crippen LogP contribution in [0.3, 0.4) is 0 Å². The molecule has 4 nitrogen and oxygen atoms in total. The molecule has 0 bridgehead atoms. The predicted molar refractivity (Wildman–Crippen MR) is 61.1 cm³/mol. The number of phenolic OH excluding ortho intramolecular Hbond substituents is 1. The van der Waals surface area contributed by atoms with Crippen LogP contribution >= 0.6 is 0 Å². The van der Waals surface area contributed by atoms with E-state index in [2.05, 4.69) is 5.32 Å². The Morgan fingerprint density at radius 2 is 2.12 bits per heavy atom. The lowest BCUT2D eigenvalue weighted by atomic mass is 10.2. The maximum Gasteiger partial charge on any atom is 0.407 e. The smallest absolute Gasteiger partial charge is 0.407 e. The van der Waals surface area contributed by atoms with E-state index in [1.807, 2.05) is 0 Å². The van der Waals surface area contributed by atoms with E-state index in [1.54, 1.807) is 20.8 Å². The largest absolute Gasteiger partial charge is 0.508 e. The van der Waals surface area contributed by atoms with E-state index in [-0.39, 0.29) is 17.9 Å². The minimum absolute atomic E-state index is 0.0326. The standard InChI is InChI=1S/C12H16FNO3/c1-12(2,3)17-11(16)14-7-8-6-9(15)4-5-10(8)13/h4-6,15H,7H2,1-3H3,(H,14,16). The fourth-order valence-corrected chi connectivity index (χ4v) is 1.18. The van der Waals surface area contributed by atoms with Gasteiger partial charge in [-0.1, -0.05) is 0 Å². The SMILES string of the molecule is CC(C)(C)OC(=O)NCc1cc(O)ccc1F. The Bertz CT molecular complexity index is 413.